The van der Waals surface area contributed by atoms with Crippen molar-refractivity contribution in [2.45, 2.75) is 0 Å². The summed E-state index contributed by atoms with van der Waals surface area (Å²) in [4.78, 5) is 19.9. The number of halogens is 2. The van der Waals surface area contributed by atoms with Crippen LogP contribution >= 0.6 is 0 Å². The molecule has 0 atom stereocenters. The number of nitro groups is 1. The molecule has 0 saturated heterocycles. The Bertz CT molecular complexity index is 721. The number of ether oxygens (including phenoxy) is 1. The summed E-state index contributed by atoms with van der Waals surface area (Å²) >= 11 is 0. The molecule has 21 heavy (non-hydrogen) atoms. The Morgan fingerprint density at radius 2 is 1.95 bits per heavy atom. The number of hydrogen-bond donors (Lipinski definition) is 1. The Kier molecular flexibility index (Phi) is 3.69. The molecule has 10 heteroatoms. The first kappa shape index (κ1) is 14.2. The molecule has 0 saturated carbocycles. The molecule has 1 aromatic heterocycles. The van der Waals surface area contributed by atoms with Crippen LogP contribution in [0.4, 0.5) is 14.5 Å². The zero-order valence-corrected chi connectivity index (χ0v) is 9.99. The standard InChI is InChI=1S/C11H5F2N3O5/c12-5-4-9(6(13)3-8(5)16(19)20)21-10-2-1-7(11(17)18)14-15-10/h1-4H,(H,17,18). The molecule has 1 aromatic carbocycles. The summed E-state index contributed by atoms with van der Waals surface area (Å²) in [6, 6.07) is 2.98. The molecule has 0 spiro atoms. The Hall–Kier alpha value is -3.17. The van der Waals surface area contributed by atoms with Gasteiger partial charge in [-0.1, -0.05) is 0 Å². The lowest BCUT2D eigenvalue weighted by molar-refractivity contribution is -0.387. The fourth-order valence-electron chi connectivity index (χ4n) is 1.34. The van der Waals surface area contributed by atoms with Crippen molar-refractivity contribution in [3.05, 3.63) is 51.7 Å². The van der Waals surface area contributed by atoms with Crippen molar-refractivity contribution in [3.63, 3.8) is 0 Å². The SMILES string of the molecule is O=C(O)c1ccc(Oc2cc(F)c([N+](=O)[O-])cc2F)nn1. The van der Waals surface area contributed by atoms with Crippen LogP contribution in [0.5, 0.6) is 11.6 Å². The van der Waals surface area contributed by atoms with Crippen molar-refractivity contribution in [1.82, 2.24) is 10.2 Å². The van der Waals surface area contributed by atoms with Gasteiger partial charge < -0.3 is 9.84 Å². The second-order valence-electron chi connectivity index (χ2n) is 3.66. The van der Waals surface area contributed by atoms with Crippen LogP contribution in [0.25, 0.3) is 0 Å². The molecule has 1 heterocycles. The molecule has 8 nitrogen and oxygen atoms in total. The number of aromatic carboxylic acids is 1. The molecule has 0 aliphatic carbocycles. The van der Waals surface area contributed by atoms with E-state index >= 15 is 0 Å². The van der Waals surface area contributed by atoms with Crippen LogP contribution in [0.1, 0.15) is 10.5 Å². The summed E-state index contributed by atoms with van der Waals surface area (Å²) in [5.41, 5.74) is -1.40. The maximum absolute atomic E-state index is 13.5. The van der Waals surface area contributed by atoms with Crippen LogP contribution < -0.4 is 4.74 Å². The second kappa shape index (κ2) is 5.45. The van der Waals surface area contributed by atoms with Gasteiger partial charge in [-0.25, -0.2) is 9.18 Å². The predicted molar refractivity (Wildman–Crippen MR) is 62.1 cm³/mol. The van der Waals surface area contributed by atoms with Crippen molar-refractivity contribution < 1.29 is 28.3 Å². The lowest BCUT2D eigenvalue weighted by atomic mass is 10.3. The number of benzene rings is 1. The van der Waals surface area contributed by atoms with Gasteiger partial charge >= 0.3 is 11.7 Å². The zero-order chi connectivity index (χ0) is 15.6. The van der Waals surface area contributed by atoms with Crippen molar-refractivity contribution >= 4 is 11.7 Å². The van der Waals surface area contributed by atoms with E-state index < -0.39 is 34.0 Å². The first-order valence-electron chi connectivity index (χ1n) is 5.27. The first-order valence-corrected chi connectivity index (χ1v) is 5.27. The van der Waals surface area contributed by atoms with Gasteiger partial charge in [-0.05, 0) is 6.07 Å². The van der Waals surface area contributed by atoms with Gasteiger partial charge in [0.1, 0.15) is 0 Å². The highest BCUT2D eigenvalue weighted by atomic mass is 19.1. The molecule has 0 bridgehead atoms. The van der Waals surface area contributed by atoms with Crippen LogP contribution in [-0.4, -0.2) is 26.2 Å². The van der Waals surface area contributed by atoms with E-state index in [0.29, 0.717) is 12.1 Å². The summed E-state index contributed by atoms with van der Waals surface area (Å²) < 4.78 is 31.8. The maximum Gasteiger partial charge on any atom is 0.356 e. The van der Waals surface area contributed by atoms with Crippen LogP contribution in [-0.2, 0) is 0 Å². The number of carboxylic acids is 1. The van der Waals surface area contributed by atoms with Gasteiger partial charge in [0.15, 0.2) is 17.3 Å². The molecule has 0 radical (unpaired) electrons. The van der Waals surface area contributed by atoms with E-state index in [1.165, 1.54) is 0 Å². The third-order valence-electron chi connectivity index (χ3n) is 2.27. The molecule has 0 aliphatic rings. The lowest BCUT2D eigenvalue weighted by Crippen LogP contribution is -2.03. The number of carboxylic acid groups (broad SMARTS) is 1. The molecule has 108 valence electrons. The fourth-order valence-corrected chi connectivity index (χ4v) is 1.34. The van der Waals surface area contributed by atoms with E-state index in [2.05, 4.69) is 10.2 Å². The second-order valence-corrected chi connectivity index (χ2v) is 3.66. The average molecular weight is 297 g/mol. The Morgan fingerprint density at radius 1 is 1.24 bits per heavy atom. The quantitative estimate of drug-likeness (QED) is 0.678. The minimum Gasteiger partial charge on any atom is -0.476 e. The van der Waals surface area contributed by atoms with Crippen molar-refractivity contribution in [2.75, 3.05) is 0 Å². The van der Waals surface area contributed by atoms with E-state index in [9.17, 15) is 23.7 Å². The first-order chi connectivity index (χ1) is 9.88. The highest BCUT2D eigenvalue weighted by Crippen LogP contribution is 2.29. The number of aromatic nitrogens is 2. The highest BCUT2D eigenvalue weighted by molar-refractivity contribution is 5.84. The third kappa shape index (κ3) is 3.05. The van der Waals surface area contributed by atoms with Crippen LogP contribution in [0, 0.1) is 21.7 Å². The largest absolute Gasteiger partial charge is 0.476 e. The van der Waals surface area contributed by atoms with E-state index in [0.717, 1.165) is 12.1 Å². The Labute approximate surface area is 114 Å². The van der Waals surface area contributed by atoms with Gasteiger partial charge in [0.25, 0.3) is 0 Å². The Morgan fingerprint density at radius 3 is 2.48 bits per heavy atom. The summed E-state index contributed by atoms with van der Waals surface area (Å²) in [5.74, 6) is -4.72. The van der Waals surface area contributed by atoms with E-state index in [1.807, 2.05) is 0 Å². The van der Waals surface area contributed by atoms with Gasteiger partial charge in [0.2, 0.25) is 11.7 Å². The van der Waals surface area contributed by atoms with E-state index in [-0.39, 0.29) is 11.6 Å². The molecule has 1 N–H and O–H groups in total. The summed E-state index contributed by atoms with van der Waals surface area (Å²) in [7, 11) is 0. The third-order valence-corrected chi connectivity index (χ3v) is 2.27. The fraction of sp³-hybridized carbons (Fsp3) is 0. The van der Waals surface area contributed by atoms with Crippen molar-refractivity contribution in [2.24, 2.45) is 0 Å². The maximum atomic E-state index is 13.5. The molecule has 0 unspecified atom stereocenters. The molecule has 2 rings (SSSR count). The molecule has 0 aliphatic heterocycles. The molecular weight excluding hydrogens is 292 g/mol. The highest BCUT2D eigenvalue weighted by Gasteiger charge is 2.20. The normalized spacial score (nSPS) is 10.2. The molecular formula is C11H5F2N3O5. The topological polar surface area (TPSA) is 115 Å². The number of carbonyl (C=O) groups is 1. The minimum absolute atomic E-state index is 0.299. The van der Waals surface area contributed by atoms with Gasteiger partial charge in [-0.15, -0.1) is 10.2 Å². The molecule has 2 aromatic rings. The predicted octanol–water partition coefficient (Wildman–Crippen LogP) is 2.15. The van der Waals surface area contributed by atoms with E-state index in [1.54, 1.807) is 0 Å². The molecule has 0 amide bonds. The smallest absolute Gasteiger partial charge is 0.356 e. The van der Waals surface area contributed by atoms with E-state index in [4.69, 9.17) is 9.84 Å². The summed E-state index contributed by atoms with van der Waals surface area (Å²) in [5, 5.41) is 25.7. The lowest BCUT2D eigenvalue weighted by Gasteiger charge is -2.05. The van der Waals surface area contributed by atoms with Gasteiger partial charge in [0, 0.05) is 12.1 Å². The van der Waals surface area contributed by atoms with Crippen molar-refractivity contribution in [3.8, 4) is 11.6 Å². The van der Waals surface area contributed by atoms with Gasteiger partial charge in [-0.3, -0.25) is 10.1 Å². The van der Waals surface area contributed by atoms with Crippen molar-refractivity contribution in [1.29, 1.82) is 0 Å². The van der Waals surface area contributed by atoms with Gasteiger partial charge in [0.05, 0.1) is 11.0 Å². The number of nitro benzene ring substituents is 1. The summed E-state index contributed by atoms with van der Waals surface area (Å²) in [6.45, 7) is 0. The zero-order valence-electron chi connectivity index (χ0n) is 9.99. The minimum atomic E-state index is -1.32. The number of hydrogen-bond acceptors (Lipinski definition) is 6. The average Bonchev–Trinajstić information content (AvgIpc) is 2.42. The number of nitrogens with zero attached hydrogens (tertiary/aromatic N) is 3. The van der Waals surface area contributed by atoms with Gasteiger partial charge in [-0.2, -0.15) is 4.39 Å². The van der Waals surface area contributed by atoms with Crippen LogP contribution in [0.2, 0.25) is 0 Å². The Balaban J connectivity index is 2.29. The molecule has 0 fully saturated rings. The summed E-state index contributed by atoms with van der Waals surface area (Å²) in [6.07, 6.45) is 0. The van der Waals surface area contributed by atoms with Crippen LogP contribution in [0.15, 0.2) is 24.3 Å². The number of rotatable bonds is 4. The van der Waals surface area contributed by atoms with Crippen LogP contribution in [0.3, 0.4) is 0 Å². The monoisotopic (exact) mass is 297 g/mol.